The normalized spacial score (nSPS) is 10.8. The van der Waals surface area contributed by atoms with Crippen LogP contribution < -0.4 is 5.32 Å². The van der Waals surface area contributed by atoms with Crippen LogP contribution in [0.3, 0.4) is 0 Å². The van der Waals surface area contributed by atoms with E-state index in [1.54, 1.807) is 0 Å². The molecule has 3 rings (SSSR count). The summed E-state index contributed by atoms with van der Waals surface area (Å²) in [5.41, 5.74) is 0.399. The van der Waals surface area contributed by atoms with Gasteiger partial charge in [-0.3, -0.25) is 19.6 Å². The van der Waals surface area contributed by atoms with Crippen LogP contribution in [-0.2, 0) is 11.3 Å². The molecule has 0 aliphatic rings. The molecule has 1 N–H and O–H groups in total. The molecule has 0 saturated carbocycles. The van der Waals surface area contributed by atoms with E-state index < -0.39 is 22.5 Å². The molecule has 0 unspecified atom stereocenters. The second kappa shape index (κ2) is 6.03. The molecule has 0 spiro atoms. The Kier molecular flexibility index (Phi) is 3.90. The lowest BCUT2D eigenvalue weighted by Gasteiger charge is -2.07. The standard InChI is InChI=1S/C15H10F2N4O3/c16-12-4-2-10(5-13(12)17)19-15(22)8-20-14-6-11(21(23)24)3-1-9(14)7-18-20/h1-7H,8H2,(H,19,22). The van der Waals surface area contributed by atoms with Gasteiger partial charge in [-0.2, -0.15) is 5.10 Å². The van der Waals surface area contributed by atoms with E-state index >= 15 is 0 Å². The first-order valence-corrected chi connectivity index (χ1v) is 6.79. The number of nitrogens with one attached hydrogen (secondary N) is 1. The Bertz CT molecular complexity index is 955. The molecule has 0 aliphatic carbocycles. The van der Waals surface area contributed by atoms with Crippen molar-refractivity contribution in [2.75, 3.05) is 5.32 Å². The van der Waals surface area contributed by atoms with Gasteiger partial charge in [0.1, 0.15) is 6.54 Å². The summed E-state index contributed by atoms with van der Waals surface area (Å²) < 4.78 is 27.3. The van der Waals surface area contributed by atoms with Gasteiger partial charge in [0.15, 0.2) is 11.6 Å². The van der Waals surface area contributed by atoms with Crippen LogP contribution in [0.2, 0.25) is 0 Å². The fraction of sp³-hybridized carbons (Fsp3) is 0.0667. The third-order valence-electron chi connectivity index (χ3n) is 3.34. The Labute approximate surface area is 133 Å². The number of aromatic nitrogens is 2. The Morgan fingerprint density at radius 1 is 1.21 bits per heavy atom. The van der Waals surface area contributed by atoms with Crippen molar-refractivity contribution in [1.29, 1.82) is 0 Å². The summed E-state index contributed by atoms with van der Waals surface area (Å²) in [7, 11) is 0. The maximum absolute atomic E-state index is 13.1. The zero-order valence-corrected chi connectivity index (χ0v) is 12.1. The van der Waals surface area contributed by atoms with Gasteiger partial charge >= 0.3 is 0 Å². The summed E-state index contributed by atoms with van der Waals surface area (Å²) in [4.78, 5) is 22.3. The molecule has 1 heterocycles. The SMILES string of the molecule is O=C(Cn1ncc2ccc([N+](=O)[O-])cc21)Nc1ccc(F)c(F)c1. The first-order valence-electron chi connectivity index (χ1n) is 6.79. The van der Waals surface area contributed by atoms with E-state index in [1.807, 2.05) is 0 Å². The number of nitrogens with zero attached hydrogens (tertiary/aromatic N) is 3. The number of nitro benzene ring substituents is 1. The van der Waals surface area contributed by atoms with Crippen molar-refractivity contribution < 1.29 is 18.5 Å². The number of hydrogen-bond acceptors (Lipinski definition) is 4. The Morgan fingerprint density at radius 3 is 2.71 bits per heavy atom. The van der Waals surface area contributed by atoms with E-state index in [0.717, 1.165) is 12.1 Å². The second-order valence-corrected chi connectivity index (χ2v) is 4.98. The van der Waals surface area contributed by atoms with Crippen LogP contribution in [0.4, 0.5) is 20.2 Å². The number of anilines is 1. The number of hydrogen-bond donors (Lipinski definition) is 1. The molecule has 7 nitrogen and oxygen atoms in total. The lowest BCUT2D eigenvalue weighted by atomic mass is 10.2. The van der Waals surface area contributed by atoms with E-state index in [0.29, 0.717) is 10.9 Å². The highest BCUT2D eigenvalue weighted by molar-refractivity contribution is 5.91. The van der Waals surface area contributed by atoms with Crippen LogP contribution in [0.5, 0.6) is 0 Å². The first-order chi connectivity index (χ1) is 11.4. The average molecular weight is 332 g/mol. The van der Waals surface area contributed by atoms with E-state index in [-0.39, 0.29) is 17.9 Å². The molecule has 3 aromatic rings. The zero-order chi connectivity index (χ0) is 17.3. The minimum absolute atomic E-state index is 0.0985. The molecule has 0 fully saturated rings. The minimum Gasteiger partial charge on any atom is -0.324 e. The molecule has 1 amide bonds. The number of amides is 1. The van der Waals surface area contributed by atoms with Crippen LogP contribution in [0, 0.1) is 21.7 Å². The lowest BCUT2D eigenvalue weighted by molar-refractivity contribution is -0.384. The molecule has 1 aromatic heterocycles. The molecule has 24 heavy (non-hydrogen) atoms. The Morgan fingerprint density at radius 2 is 2.00 bits per heavy atom. The Hall–Kier alpha value is -3.36. The minimum atomic E-state index is -1.08. The predicted molar refractivity (Wildman–Crippen MR) is 81.4 cm³/mol. The third-order valence-corrected chi connectivity index (χ3v) is 3.34. The highest BCUT2D eigenvalue weighted by Crippen LogP contribution is 2.20. The van der Waals surface area contributed by atoms with Gasteiger partial charge in [0.05, 0.1) is 16.6 Å². The number of halogens is 2. The zero-order valence-electron chi connectivity index (χ0n) is 12.1. The van der Waals surface area contributed by atoms with E-state index in [4.69, 9.17) is 0 Å². The van der Waals surface area contributed by atoms with Crippen LogP contribution in [-0.4, -0.2) is 20.6 Å². The summed E-state index contributed by atoms with van der Waals surface area (Å²) in [6.07, 6.45) is 1.48. The maximum atomic E-state index is 13.1. The quantitative estimate of drug-likeness (QED) is 0.587. The van der Waals surface area contributed by atoms with E-state index in [1.165, 1.54) is 35.1 Å². The van der Waals surface area contributed by atoms with Crippen molar-refractivity contribution >= 4 is 28.2 Å². The number of non-ortho nitro benzene ring substituents is 1. The molecular formula is C15H10F2N4O3. The van der Waals surface area contributed by atoms with Gasteiger partial charge in [0.2, 0.25) is 5.91 Å². The van der Waals surface area contributed by atoms with Crippen molar-refractivity contribution in [3.8, 4) is 0 Å². The average Bonchev–Trinajstić information content (AvgIpc) is 2.93. The van der Waals surface area contributed by atoms with Crippen LogP contribution in [0.15, 0.2) is 42.6 Å². The fourth-order valence-corrected chi connectivity index (χ4v) is 2.21. The lowest BCUT2D eigenvalue weighted by Crippen LogP contribution is -2.19. The molecule has 9 heteroatoms. The van der Waals surface area contributed by atoms with Gasteiger partial charge in [0, 0.05) is 29.3 Å². The smallest absolute Gasteiger partial charge is 0.271 e. The number of carbonyl (C=O) groups is 1. The van der Waals surface area contributed by atoms with Crippen LogP contribution >= 0.6 is 0 Å². The van der Waals surface area contributed by atoms with Gasteiger partial charge in [-0.05, 0) is 18.2 Å². The summed E-state index contributed by atoms with van der Waals surface area (Å²) in [5, 5.41) is 17.9. The van der Waals surface area contributed by atoms with Crippen LogP contribution in [0.25, 0.3) is 10.9 Å². The Balaban J connectivity index is 1.81. The predicted octanol–water partition coefficient (Wildman–Crippen LogP) is 2.86. The van der Waals surface area contributed by atoms with Gasteiger partial charge in [-0.15, -0.1) is 0 Å². The maximum Gasteiger partial charge on any atom is 0.271 e. The number of nitro groups is 1. The molecule has 0 aliphatic heterocycles. The largest absolute Gasteiger partial charge is 0.324 e. The third kappa shape index (κ3) is 3.05. The summed E-state index contributed by atoms with van der Waals surface area (Å²) in [6.45, 7) is -0.232. The van der Waals surface area contributed by atoms with E-state index in [9.17, 15) is 23.7 Å². The molecule has 0 atom stereocenters. The van der Waals surface area contributed by atoms with Crippen molar-refractivity contribution in [3.05, 3.63) is 64.3 Å². The summed E-state index contributed by atoms with van der Waals surface area (Å²) >= 11 is 0. The van der Waals surface area contributed by atoms with Crippen molar-refractivity contribution in [2.45, 2.75) is 6.54 Å². The van der Waals surface area contributed by atoms with Crippen molar-refractivity contribution in [2.24, 2.45) is 0 Å². The second-order valence-electron chi connectivity index (χ2n) is 4.98. The molecule has 0 saturated heterocycles. The summed E-state index contributed by atoms with van der Waals surface area (Å²) in [5.74, 6) is -2.62. The number of carbonyl (C=O) groups excluding carboxylic acids is 1. The van der Waals surface area contributed by atoms with Gasteiger partial charge in [-0.1, -0.05) is 0 Å². The molecular weight excluding hydrogens is 322 g/mol. The molecule has 0 radical (unpaired) electrons. The first kappa shape index (κ1) is 15.5. The van der Waals surface area contributed by atoms with Gasteiger partial charge < -0.3 is 5.32 Å². The van der Waals surface area contributed by atoms with Crippen molar-refractivity contribution in [3.63, 3.8) is 0 Å². The summed E-state index contributed by atoms with van der Waals surface area (Å²) in [6, 6.07) is 7.17. The molecule has 2 aromatic carbocycles. The molecule has 0 bridgehead atoms. The van der Waals surface area contributed by atoms with Crippen molar-refractivity contribution in [1.82, 2.24) is 9.78 Å². The topological polar surface area (TPSA) is 90.1 Å². The highest BCUT2D eigenvalue weighted by Gasteiger charge is 2.13. The fourth-order valence-electron chi connectivity index (χ4n) is 2.21. The molecule has 122 valence electrons. The number of rotatable bonds is 4. The van der Waals surface area contributed by atoms with Crippen LogP contribution in [0.1, 0.15) is 0 Å². The monoisotopic (exact) mass is 332 g/mol. The van der Waals surface area contributed by atoms with E-state index in [2.05, 4.69) is 10.4 Å². The number of benzene rings is 2. The van der Waals surface area contributed by atoms with Gasteiger partial charge in [0.25, 0.3) is 5.69 Å². The highest BCUT2D eigenvalue weighted by atomic mass is 19.2. The van der Waals surface area contributed by atoms with Gasteiger partial charge in [-0.25, -0.2) is 8.78 Å². The number of fused-ring (bicyclic) bond motifs is 1.